The van der Waals surface area contributed by atoms with Crippen LogP contribution in [-0.4, -0.2) is 6.04 Å². The van der Waals surface area contributed by atoms with E-state index < -0.39 is 12.1 Å². The number of rotatable bonds is 4. The van der Waals surface area contributed by atoms with E-state index in [-0.39, 0.29) is 11.6 Å². The average Bonchev–Trinajstić information content (AvgIpc) is 2.39. The Kier molecular flexibility index (Phi) is 4.12. The Morgan fingerprint density at radius 1 is 1.00 bits per heavy atom. The molecule has 2 N–H and O–H groups in total. The maximum Gasteiger partial charge on any atom is 0.141 e. The SMILES string of the molecule is CC(N)C(Oc1ccc(F)cc1)c1ccccc1F. The summed E-state index contributed by atoms with van der Waals surface area (Å²) in [6.45, 7) is 1.74. The van der Waals surface area contributed by atoms with Crippen molar-refractivity contribution in [2.24, 2.45) is 5.73 Å². The standard InChI is InChI=1S/C15H15F2NO/c1-10(18)15(13-4-2-3-5-14(13)17)19-12-8-6-11(16)7-9-12/h2-10,15H,18H2,1H3. The van der Waals surface area contributed by atoms with Gasteiger partial charge in [0.2, 0.25) is 0 Å². The van der Waals surface area contributed by atoms with Gasteiger partial charge in [-0.3, -0.25) is 0 Å². The van der Waals surface area contributed by atoms with E-state index in [2.05, 4.69) is 0 Å². The van der Waals surface area contributed by atoms with E-state index in [0.29, 0.717) is 11.3 Å². The van der Waals surface area contributed by atoms with Crippen LogP contribution in [0.4, 0.5) is 8.78 Å². The molecule has 2 aromatic carbocycles. The monoisotopic (exact) mass is 263 g/mol. The molecule has 0 spiro atoms. The summed E-state index contributed by atoms with van der Waals surface area (Å²) >= 11 is 0. The molecule has 0 aliphatic heterocycles. The quantitative estimate of drug-likeness (QED) is 0.917. The normalized spacial score (nSPS) is 13.9. The number of halogens is 2. The van der Waals surface area contributed by atoms with Crippen LogP contribution in [0.2, 0.25) is 0 Å². The summed E-state index contributed by atoms with van der Waals surface area (Å²) < 4.78 is 32.3. The van der Waals surface area contributed by atoms with Crippen LogP contribution in [0.25, 0.3) is 0 Å². The Bertz CT molecular complexity index is 540. The molecule has 2 unspecified atom stereocenters. The van der Waals surface area contributed by atoms with Gasteiger partial charge in [0.05, 0.1) is 0 Å². The molecule has 0 amide bonds. The average molecular weight is 263 g/mol. The van der Waals surface area contributed by atoms with E-state index in [9.17, 15) is 8.78 Å². The second-order valence-corrected chi connectivity index (χ2v) is 4.37. The predicted molar refractivity (Wildman–Crippen MR) is 69.8 cm³/mol. The van der Waals surface area contributed by atoms with Crippen molar-refractivity contribution >= 4 is 0 Å². The maximum atomic E-state index is 13.8. The number of benzene rings is 2. The zero-order valence-corrected chi connectivity index (χ0v) is 10.5. The van der Waals surface area contributed by atoms with Crippen molar-refractivity contribution in [3.8, 4) is 5.75 Å². The lowest BCUT2D eigenvalue weighted by Crippen LogP contribution is -2.29. The van der Waals surface area contributed by atoms with Crippen LogP contribution in [0.15, 0.2) is 48.5 Å². The predicted octanol–water partition coefficient (Wildman–Crippen LogP) is 3.43. The molecular formula is C15H15F2NO. The zero-order valence-electron chi connectivity index (χ0n) is 10.5. The topological polar surface area (TPSA) is 35.2 Å². The van der Waals surface area contributed by atoms with Crippen molar-refractivity contribution < 1.29 is 13.5 Å². The molecule has 2 rings (SSSR count). The van der Waals surface area contributed by atoms with Crippen LogP contribution in [0, 0.1) is 11.6 Å². The third-order valence-electron chi connectivity index (χ3n) is 2.77. The van der Waals surface area contributed by atoms with Crippen molar-refractivity contribution in [1.82, 2.24) is 0 Å². The van der Waals surface area contributed by atoms with Crippen LogP contribution in [0.3, 0.4) is 0 Å². The Hall–Kier alpha value is -1.94. The smallest absolute Gasteiger partial charge is 0.141 e. The molecule has 0 heterocycles. The second-order valence-electron chi connectivity index (χ2n) is 4.37. The van der Waals surface area contributed by atoms with Crippen molar-refractivity contribution in [2.45, 2.75) is 19.1 Å². The van der Waals surface area contributed by atoms with E-state index in [1.807, 2.05) is 0 Å². The molecule has 0 aliphatic rings. The molecule has 0 saturated carbocycles. The van der Waals surface area contributed by atoms with Crippen LogP contribution in [0.1, 0.15) is 18.6 Å². The van der Waals surface area contributed by atoms with Gasteiger partial charge < -0.3 is 10.5 Å². The summed E-state index contributed by atoms with van der Waals surface area (Å²) in [6, 6.07) is 11.5. The first-order valence-electron chi connectivity index (χ1n) is 6.00. The fourth-order valence-electron chi connectivity index (χ4n) is 1.82. The number of ether oxygens (including phenoxy) is 1. The van der Waals surface area contributed by atoms with Crippen LogP contribution < -0.4 is 10.5 Å². The second kappa shape index (κ2) is 5.80. The van der Waals surface area contributed by atoms with Crippen molar-refractivity contribution in [3.05, 3.63) is 65.7 Å². The highest BCUT2D eigenvalue weighted by Gasteiger charge is 2.21. The summed E-state index contributed by atoms with van der Waals surface area (Å²) in [4.78, 5) is 0. The van der Waals surface area contributed by atoms with E-state index >= 15 is 0 Å². The van der Waals surface area contributed by atoms with Crippen LogP contribution in [-0.2, 0) is 0 Å². The Morgan fingerprint density at radius 2 is 1.63 bits per heavy atom. The highest BCUT2D eigenvalue weighted by Crippen LogP contribution is 2.26. The Labute approximate surface area is 110 Å². The molecular weight excluding hydrogens is 248 g/mol. The Balaban J connectivity index is 2.27. The maximum absolute atomic E-state index is 13.8. The molecule has 0 radical (unpaired) electrons. The molecule has 0 bridgehead atoms. The fourth-order valence-corrected chi connectivity index (χ4v) is 1.82. The van der Waals surface area contributed by atoms with Gasteiger partial charge in [0, 0.05) is 11.6 Å². The molecule has 0 fully saturated rings. The molecule has 100 valence electrons. The third-order valence-corrected chi connectivity index (χ3v) is 2.77. The highest BCUT2D eigenvalue weighted by molar-refractivity contribution is 5.26. The first-order valence-corrected chi connectivity index (χ1v) is 6.00. The molecule has 2 atom stereocenters. The van der Waals surface area contributed by atoms with Gasteiger partial charge in [0.25, 0.3) is 0 Å². The molecule has 2 aromatic rings. The summed E-state index contributed by atoms with van der Waals surface area (Å²) in [6.07, 6.45) is -0.619. The van der Waals surface area contributed by atoms with Crippen LogP contribution in [0.5, 0.6) is 5.75 Å². The molecule has 4 heteroatoms. The van der Waals surface area contributed by atoms with Gasteiger partial charge in [-0.15, -0.1) is 0 Å². The molecule has 0 aromatic heterocycles. The van der Waals surface area contributed by atoms with Crippen molar-refractivity contribution in [1.29, 1.82) is 0 Å². The highest BCUT2D eigenvalue weighted by atomic mass is 19.1. The van der Waals surface area contributed by atoms with Crippen LogP contribution >= 0.6 is 0 Å². The summed E-state index contributed by atoms with van der Waals surface area (Å²) in [5, 5.41) is 0. The number of nitrogens with two attached hydrogens (primary N) is 1. The fraction of sp³-hybridized carbons (Fsp3) is 0.200. The van der Waals surface area contributed by atoms with Gasteiger partial charge in [-0.2, -0.15) is 0 Å². The first-order chi connectivity index (χ1) is 9.08. The number of hydrogen-bond donors (Lipinski definition) is 1. The van der Waals surface area contributed by atoms with Gasteiger partial charge in [0.1, 0.15) is 23.5 Å². The van der Waals surface area contributed by atoms with Gasteiger partial charge >= 0.3 is 0 Å². The van der Waals surface area contributed by atoms with Gasteiger partial charge in [-0.05, 0) is 37.3 Å². The zero-order chi connectivity index (χ0) is 13.8. The third kappa shape index (κ3) is 3.29. The lowest BCUT2D eigenvalue weighted by atomic mass is 10.0. The lowest BCUT2D eigenvalue weighted by Gasteiger charge is -2.23. The molecule has 2 nitrogen and oxygen atoms in total. The van der Waals surface area contributed by atoms with E-state index in [0.717, 1.165) is 0 Å². The van der Waals surface area contributed by atoms with Crippen molar-refractivity contribution in [3.63, 3.8) is 0 Å². The van der Waals surface area contributed by atoms with E-state index in [1.165, 1.54) is 30.3 Å². The molecule has 19 heavy (non-hydrogen) atoms. The van der Waals surface area contributed by atoms with Gasteiger partial charge in [0.15, 0.2) is 0 Å². The minimum absolute atomic E-state index is 0.351. The van der Waals surface area contributed by atoms with E-state index in [4.69, 9.17) is 10.5 Å². The molecule has 0 saturated heterocycles. The largest absolute Gasteiger partial charge is 0.484 e. The minimum Gasteiger partial charge on any atom is -0.484 e. The summed E-state index contributed by atoms with van der Waals surface area (Å²) in [5.74, 6) is -0.269. The number of hydrogen-bond acceptors (Lipinski definition) is 2. The van der Waals surface area contributed by atoms with Crippen molar-refractivity contribution in [2.75, 3.05) is 0 Å². The molecule has 0 aliphatic carbocycles. The Morgan fingerprint density at radius 3 is 2.21 bits per heavy atom. The summed E-state index contributed by atoms with van der Waals surface area (Å²) in [7, 11) is 0. The summed E-state index contributed by atoms with van der Waals surface area (Å²) in [5.41, 5.74) is 6.24. The first kappa shape index (κ1) is 13.5. The van der Waals surface area contributed by atoms with E-state index in [1.54, 1.807) is 25.1 Å². The van der Waals surface area contributed by atoms with Gasteiger partial charge in [-0.25, -0.2) is 8.78 Å². The van der Waals surface area contributed by atoms with Gasteiger partial charge in [-0.1, -0.05) is 18.2 Å². The minimum atomic E-state index is -0.619. The lowest BCUT2D eigenvalue weighted by molar-refractivity contribution is 0.175.